The molecule has 2 N–H and O–H groups in total. The van der Waals surface area contributed by atoms with E-state index in [4.69, 9.17) is 0 Å². The summed E-state index contributed by atoms with van der Waals surface area (Å²) in [6.07, 6.45) is 3.24. The topological polar surface area (TPSA) is 98.9 Å². The van der Waals surface area contributed by atoms with Crippen molar-refractivity contribution in [3.8, 4) is 0 Å². The summed E-state index contributed by atoms with van der Waals surface area (Å²) in [6, 6.07) is 8.71. The number of benzene rings is 1. The molecule has 9 heteroatoms. The molecule has 0 aliphatic carbocycles. The fourth-order valence-electron chi connectivity index (χ4n) is 4.02. The zero-order valence-corrected chi connectivity index (χ0v) is 16.1. The lowest BCUT2D eigenvalue weighted by molar-refractivity contribution is -0.143. The van der Waals surface area contributed by atoms with Gasteiger partial charge in [0.2, 0.25) is 0 Å². The number of aromatic nitrogens is 2. The number of carboxylic acid groups (broad SMARTS) is 2. The maximum atomic E-state index is 13.8. The number of aliphatic carboxylic acids is 2. The second-order valence-electron chi connectivity index (χ2n) is 7.22. The molecule has 0 saturated carbocycles. The minimum absolute atomic E-state index is 0.366. The van der Waals surface area contributed by atoms with Gasteiger partial charge in [0.25, 0.3) is 0 Å². The summed E-state index contributed by atoms with van der Waals surface area (Å²) in [5, 5.41) is 19.7. The lowest BCUT2D eigenvalue weighted by Crippen LogP contribution is -2.49. The van der Waals surface area contributed by atoms with Gasteiger partial charge in [-0.25, -0.2) is 9.37 Å². The smallest absolute Gasteiger partial charge is 0.325 e. The Morgan fingerprint density at radius 1 is 1.10 bits per heavy atom. The molecule has 1 fully saturated rings. The maximum Gasteiger partial charge on any atom is 0.325 e. The van der Waals surface area contributed by atoms with Crippen molar-refractivity contribution in [3.63, 3.8) is 0 Å². The Balaban J connectivity index is 1.65. The molecule has 2 aromatic heterocycles. The molecule has 0 amide bonds. The van der Waals surface area contributed by atoms with Gasteiger partial charge in [-0.3, -0.25) is 14.5 Å². The van der Waals surface area contributed by atoms with Crippen molar-refractivity contribution >= 4 is 28.7 Å². The number of rotatable bonds is 6. The van der Waals surface area contributed by atoms with E-state index in [-0.39, 0.29) is 6.54 Å². The minimum atomic E-state index is -1.08. The largest absolute Gasteiger partial charge is 0.480 e. The molecule has 0 unspecified atom stereocenters. The highest BCUT2D eigenvalue weighted by molar-refractivity contribution is 5.90. The van der Waals surface area contributed by atoms with E-state index in [2.05, 4.69) is 9.88 Å². The normalized spacial score (nSPS) is 16.0. The van der Waals surface area contributed by atoms with Crippen LogP contribution in [0.25, 0.3) is 10.9 Å². The monoisotopic (exact) mass is 412 g/mol. The second-order valence-corrected chi connectivity index (χ2v) is 7.22. The van der Waals surface area contributed by atoms with Crippen molar-refractivity contribution in [3.05, 3.63) is 60.2 Å². The molecule has 3 heterocycles. The SMILES string of the molecule is O=C(O)Cn1cc([C@H](C(=O)O)N2CCN(c3ccccn3)CC2)c2ccc(F)cc21. The van der Waals surface area contributed by atoms with Gasteiger partial charge in [-0.2, -0.15) is 0 Å². The summed E-state index contributed by atoms with van der Waals surface area (Å²) in [5.74, 6) is -1.77. The van der Waals surface area contributed by atoms with Crippen molar-refractivity contribution in [1.82, 2.24) is 14.5 Å². The van der Waals surface area contributed by atoms with E-state index in [9.17, 15) is 24.2 Å². The Morgan fingerprint density at radius 2 is 1.87 bits per heavy atom. The van der Waals surface area contributed by atoms with Crippen LogP contribution in [0.15, 0.2) is 48.8 Å². The lowest BCUT2D eigenvalue weighted by Gasteiger charge is -2.38. The first kappa shape index (κ1) is 19.8. The number of nitrogens with zero attached hydrogens (tertiary/aromatic N) is 4. The molecule has 156 valence electrons. The first-order chi connectivity index (χ1) is 14.4. The zero-order chi connectivity index (χ0) is 21.3. The Hall–Kier alpha value is -3.46. The predicted molar refractivity (Wildman–Crippen MR) is 108 cm³/mol. The first-order valence-electron chi connectivity index (χ1n) is 9.57. The zero-order valence-electron chi connectivity index (χ0n) is 16.1. The van der Waals surface area contributed by atoms with Crippen LogP contribution in [-0.4, -0.2) is 62.8 Å². The standard InChI is InChI=1S/C21H21FN4O4/c22-14-4-5-15-16(12-26(13-19(27)28)17(15)11-14)20(21(29)30)25-9-7-24(8-10-25)18-3-1-2-6-23-18/h1-6,11-12,20H,7-10,13H2,(H,27,28)(H,29,30)/t20-/m1/s1. The van der Waals surface area contributed by atoms with Gasteiger partial charge < -0.3 is 19.7 Å². The van der Waals surface area contributed by atoms with Gasteiger partial charge >= 0.3 is 11.9 Å². The van der Waals surface area contributed by atoms with Crippen LogP contribution >= 0.6 is 0 Å². The molecule has 1 aliphatic rings. The predicted octanol–water partition coefficient (Wildman–Crippen LogP) is 2.21. The van der Waals surface area contributed by atoms with E-state index in [0.29, 0.717) is 42.6 Å². The van der Waals surface area contributed by atoms with Crippen LogP contribution < -0.4 is 4.90 Å². The molecule has 1 saturated heterocycles. The molecule has 0 bridgehead atoms. The molecular weight excluding hydrogens is 391 g/mol. The van der Waals surface area contributed by atoms with Crippen LogP contribution in [0.2, 0.25) is 0 Å². The highest BCUT2D eigenvalue weighted by atomic mass is 19.1. The van der Waals surface area contributed by atoms with Gasteiger partial charge in [0.05, 0.1) is 5.52 Å². The summed E-state index contributed by atoms with van der Waals surface area (Å²) >= 11 is 0. The minimum Gasteiger partial charge on any atom is -0.480 e. The third kappa shape index (κ3) is 3.84. The molecule has 8 nitrogen and oxygen atoms in total. The fourth-order valence-corrected chi connectivity index (χ4v) is 4.02. The van der Waals surface area contributed by atoms with Gasteiger partial charge in [0.1, 0.15) is 24.2 Å². The Kier molecular flexibility index (Phi) is 5.37. The number of anilines is 1. The Bertz CT molecular complexity index is 1080. The quantitative estimate of drug-likeness (QED) is 0.640. The second kappa shape index (κ2) is 8.11. The molecular formula is C21H21FN4O4. The van der Waals surface area contributed by atoms with E-state index in [1.54, 1.807) is 6.20 Å². The number of carbonyl (C=O) groups is 2. The molecule has 1 aromatic carbocycles. The molecule has 0 spiro atoms. The summed E-state index contributed by atoms with van der Waals surface area (Å²) in [6.45, 7) is 1.85. The fraction of sp³-hybridized carbons (Fsp3) is 0.286. The van der Waals surface area contributed by atoms with Gasteiger partial charge in [0, 0.05) is 49.5 Å². The molecule has 1 atom stereocenters. The van der Waals surface area contributed by atoms with Crippen molar-refractivity contribution in [2.75, 3.05) is 31.1 Å². The van der Waals surface area contributed by atoms with Crippen molar-refractivity contribution in [1.29, 1.82) is 0 Å². The van der Waals surface area contributed by atoms with Crippen molar-refractivity contribution in [2.24, 2.45) is 0 Å². The molecule has 0 radical (unpaired) electrons. The van der Waals surface area contributed by atoms with Crippen LogP contribution in [0, 0.1) is 5.82 Å². The van der Waals surface area contributed by atoms with Crippen LogP contribution in [0.4, 0.5) is 10.2 Å². The van der Waals surface area contributed by atoms with Crippen LogP contribution in [0.1, 0.15) is 11.6 Å². The van der Waals surface area contributed by atoms with Gasteiger partial charge in [-0.05, 0) is 30.3 Å². The van der Waals surface area contributed by atoms with Crippen molar-refractivity contribution < 1.29 is 24.2 Å². The van der Waals surface area contributed by atoms with E-state index in [0.717, 1.165) is 5.82 Å². The van der Waals surface area contributed by atoms with Crippen molar-refractivity contribution in [2.45, 2.75) is 12.6 Å². The molecule has 1 aliphatic heterocycles. The molecule has 30 heavy (non-hydrogen) atoms. The highest BCUT2D eigenvalue weighted by Crippen LogP contribution is 2.32. The number of carboxylic acids is 2. The summed E-state index contributed by atoms with van der Waals surface area (Å²) in [5.41, 5.74) is 0.829. The molecule has 3 aromatic rings. The third-order valence-electron chi connectivity index (χ3n) is 5.36. The average molecular weight is 412 g/mol. The van der Waals surface area contributed by atoms with E-state index >= 15 is 0 Å². The van der Waals surface area contributed by atoms with E-state index in [1.807, 2.05) is 23.1 Å². The maximum absolute atomic E-state index is 13.8. The van der Waals surface area contributed by atoms with E-state index < -0.39 is 23.8 Å². The van der Waals surface area contributed by atoms with Gasteiger partial charge in [0.15, 0.2) is 0 Å². The van der Waals surface area contributed by atoms with Crippen LogP contribution in [-0.2, 0) is 16.1 Å². The highest BCUT2D eigenvalue weighted by Gasteiger charge is 2.33. The van der Waals surface area contributed by atoms with Crippen LogP contribution in [0.3, 0.4) is 0 Å². The summed E-state index contributed by atoms with van der Waals surface area (Å²) in [4.78, 5) is 31.7. The van der Waals surface area contributed by atoms with Gasteiger partial charge in [-0.1, -0.05) is 6.07 Å². The number of fused-ring (bicyclic) bond motifs is 1. The Labute approximate surface area is 171 Å². The summed E-state index contributed by atoms with van der Waals surface area (Å²) < 4.78 is 15.2. The van der Waals surface area contributed by atoms with Gasteiger partial charge in [-0.15, -0.1) is 0 Å². The lowest BCUT2D eigenvalue weighted by atomic mass is 10.0. The average Bonchev–Trinajstić information content (AvgIpc) is 3.05. The third-order valence-corrected chi connectivity index (χ3v) is 5.36. The molecule has 4 rings (SSSR count). The Morgan fingerprint density at radius 3 is 2.50 bits per heavy atom. The number of hydrogen-bond acceptors (Lipinski definition) is 5. The number of pyridine rings is 1. The number of halogens is 1. The number of piperazine rings is 1. The van der Waals surface area contributed by atoms with E-state index in [1.165, 1.54) is 29.0 Å². The van der Waals surface area contributed by atoms with Crippen LogP contribution in [0.5, 0.6) is 0 Å². The number of hydrogen-bond donors (Lipinski definition) is 2. The summed E-state index contributed by atoms with van der Waals surface area (Å²) in [7, 11) is 0. The first-order valence-corrected chi connectivity index (χ1v) is 9.57.